The van der Waals surface area contributed by atoms with Crippen LogP contribution in [0.4, 0.5) is 5.82 Å². The Morgan fingerprint density at radius 2 is 2.28 bits per heavy atom. The van der Waals surface area contributed by atoms with E-state index in [9.17, 15) is 4.79 Å². The summed E-state index contributed by atoms with van der Waals surface area (Å²) in [5.41, 5.74) is -0.226. The zero-order valence-corrected chi connectivity index (χ0v) is 13.2. The fourth-order valence-corrected chi connectivity index (χ4v) is 3.09. The van der Waals surface area contributed by atoms with Crippen molar-refractivity contribution in [2.45, 2.75) is 38.1 Å². The van der Waals surface area contributed by atoms with Gasteiger partial charge in [0.2, 0.25) is 0 Å². The van der Waals surface area contributed by atoms with Gasteiger partial charge in [0.25, 0.3) is 5.56 Å². The summed E-state index contributed by atoms with van der Waals surface area (Å²) in [6.45, 7) is 2.27. The fraction of sp³-hybridized carbons (Fsp3) is 0.667. The highest BCUT2D eigenvalue weighted by atomic mass is 127. The molecule has 0 bridgehead atoms. The second kappa shape index (κ2) is 5.77. The molecule has 0 aromatic carbocycles. The highest BCUT2D eigenvalue weighted by molar-refractivity contribution is 14.1. The molecule has 0 radical (unpaired) electrons. The van der Waals surface area contributed by atoms with Crippen molar-refractivity contribution in [3.05, 3.63) is 20.3 Å². The summed E-state index contributed by atoms with van der Waals surface area (Å²) in [6, 6.07) is 0. The average Bonchev–Trinajstić information content (AvgIpc) is 2.38. The molecular weight excluding hydrogens is 365 g/mol. The first-order chi connectivity index (χ1) is 8.56. The van der Waals surface area contributed by atoms with Gasteiger partial charge in [0.15, 0.2) is 0 Å². The third-order valence-corrected chi connectivity index (χ3v) is 5.18. The number of halogens is 2. The van der Waals surface area contributed by atoms with Crippen molar-refractivity contribution in [3.8, 4) is 0 Å². The number of anilines is 1. The molecule has 4 nitrogen and oxygen atoms in total. The lowest BCUT2D eigenvalue weighted by Crippen LogP contribution is -2.44. The van der Waals surface area contributed by atoms with Crippen LogP contribution in [0.2, 0.25) is 0 Å². The molecule has 18 heavy (non-hydrogen) atoms. The number of aromatic amines is 1. The first-order valence-electron chi connectivity index (χ1n) is 6.14. The lowest BCUT2D eigenvalue weighted by atomic mass is 9.78. The van der Waals surface area contributed by atoms with Gasteiger partial charge >= 0.3 is 0 Å². The molecule has 2 N–H and O–H groups in total. The predicted molar refractivity (Wildman–Crippen MR) is 82.3 cm³/mol. The van der Waals surface area contributed by atoms with Gasteiger partial charge < -0.3 is 10.3 Å². The van der Waals surface area contributed by atoms with E-state index in [1.165, 1.54) is 19.2 Å². The molecular formula is C12H17ClIN3O. The lowest BCUT2D eigenvalue weighted by Gasteiger charge is -2.39. The summed E-state index contributed by atoms with van der Waals surface area (Å²) < 4.78 is 0.596. The van der Waals surface area contributed by atoms with Gasteiger partial charge in [-0.15, -0.1) is 11.6 Å². The van der Waals surface area contributed by atoms with E-state index in [2.05, 4.69) is 22.2 Å². The van der Waals surface area contributed by atoms with Crippen LogP contribution in [0.15, 0.2) is 11.1 Å². The highest BCUT2D eigenvalue weighted by Gasteiger charge is 2.34. The van der Waals surface area contributed by atoms with Gasteiger partial charge in [-0.25, -0.2) is 4.98 Å². The van der Waals surface area contributed by atoms with Crippen LogP contribution >= 0.6 is 34.2 Å². The lowest BCUT2D eigenvalue weighted by molar-refractivity contribution is 0.286. The molecule has 1 aliphatic carbocycles. The second-order valence-electron chi connectivity index (χ2n) is 5.12. The minimum Gasteiger partial charge on any atom is -0.362 e. The molecule has 0 atom stereocenters. The van der Waals surface area contributed by atoms with E-state index in [4.69, 9.17) is 11.6 Å². The third-order valence-electron chi connectivity index (χ3n) is 3.67. The highest BCUT2D eigenvalue weighted by Crippen LogP contribution is 2.35. The molecule has 1 saturated carbocycles. The van der Waals surface area contributed by atoms with Gasteiger partial charge in [0.1, 0.15) is 9.39 Å². The van der Waals surface area contributed by atoms with Crippen molar-refractivity contribution in [2.75, 3.05) is 11.2 Å². The molecule has 0 unspecified atom stereocenters. The average molecular weight is 382 g/mol. The summed E-state index contributed by atoms with van der Waals surface area (Å²) in [6.07, 6.45) is 5.82. The number of hydrogen-bond acceptors (Lipinski definition) is 3. The fourth-order valence-electron chi connectivity index (χ4n) is 2.33. The topological polar surface area (TPSA) is 57.8 Å². The Hall–Kier alpha value is -0.300. The normalized spacial score (nSPS) is 28.1. The van der Waals surface area contributed by atoms with Crippen LogP contribution in [-0.4, -0.2) is 21.4 Å². The molecule has 1 fully saturated rings. The molecule has 2 rings (SSSR count). The Morgan fingerprint density at radius 3 is 2.89 bits per heavy atom. The Balaban J connectivity index is 2.20. The number of hydrogen-bond donors (Lipinski definition) is 2. The van der Waals surface area contributed by atoms with E-state index in [0.29, 0.717) is 15.3 Å². The SMILES string of the molecule is CC1CCC(CCl)(Nc2nc[nH]c(=O)c2I)CC1. The minimum atomic E-state index is -0.116. The van der Waals surface area contributed by atoms with Crippen LogP contribution < -0.4 is 10.9 Å². The summed E-state index contributed by atoms with van der Waals surface area (Å²) in [5.74, 6) is 1.95. The zero-order chi connectivity index (χ0) is 13.2. The Kier molecular flexibility index (Phi) is 4.53. The van der Waals surface area contributed by atoms with E-state index in [1.54, 1.807) is 0 Å². The van der Waals surface area contributed by atoms with Gasteiger partial charge in [0, 0.05) is 5.88 Å². The smallest absolute Gasteiger partial charge is 0.266 e. The Labute approximate surface area is 125 Å². The van der Waals surface area contributed by atoms with Gasteiger partial charge in [-0.1, -0.05) is 6.92 Å². The summed E-state index contributed by atoms with van der Waals surface area (Å²) in [5, 5.41) is 3.40. The van der Waals surface area contributed by atoms with Crippen molar-refractivity contribution in [3.63, 3.8) is 0 Å². The van der Waals surface area contributed by atoms with Crippen LogP contribution in [0.1, 0.15) is 32.6 Å². The van der Waals surface area contributed by atoms with E-state index in [1.807, 2.05) is 22.6 Å². The van der Waals surface area contributed by atoms with Crippen LogP contribution in [0.5, 0.6) is 0 Å². The molecule has 6 heteroatoms. The first-order valence-corrected chi connectivity index (χ1v) is 7.75. The summed E-state index contributed by atoms with van der Waals surface area (Å²) in [7, 11) is 0. The predicted octanol–water partition coefficient (Wildman–Crippen LogP) is 2.97. The number of nitrogens with zero attached hydrogens (tertiary/aromatic N) is 1. The van der Waals surface area contributed by atoms with Crippen molar-refractivity contribution >= 4 is 40.0 Å². The molecule has 100 valence electrons. The van der Waals surface area contributed by atoms with Crippen molar-refractivity contribution in [1.29, 1.82) is 0 Å². The number of nitrogens with one attached hydrogen (secondary N) is 2. The van der Waals surface area contributed by atoms with E-state index in [0.717, 1.165) is 18.8 Å². The largest absolute Gasteiger partial charge is 0.362 e. The minimum absolute atomic E-state index is 0.109. The molecule has 1 aromatic rings. The number of alkyl halides is 1. The van der Waals surface area contributed by atoms with Crippen LogP contribution in [-0.2, 0) is 0 Å². The number of rotatable bonds is 3. The molecule has 0 saturated heterocycles. The molecule has 0 aliphatic heterocycles. The first kappa shape index (κ1) is 14.1. The van der Waals surface area contributed by atoms with Crippen molar-refractivity contribution in [1.82, 2.24) is 9.97 Å². The standard InChI is InChI=1S/C12H17ClIN3O/c1-8-2-4-12(6-13,5-3-8)17-10-9(14)11(18)16-7-15-10/h7-8H,2-6H2,1H3,(H2,15,16,17,18). The maximum absolute atomic E-state index is 11.6. The van der Waals surface area contributed by atoms with Gasteiger partial charge in [0.05, 0.1) is 11.9 Å². The second-order valence-corrected chi connectivity index (χ2v) is 6.46. The van der Waals surface area contributed by atoms with E-state index < -0.39 is 0 Å². The molecule has 1 aromatic heterocycles. The molecule has 0 spiro atoms. The summed E-state index contributed by atoms with van der Waals surface area (Å²) in [4.78, 5) is 18.3. The maximum atomic E-state index is 11.6. The maximum Gasteiger partial charge on any atom is 0.266 e. The van der Waals surface area contributed by atoms with Crippen molar-refractivity contribution in [2.24, 2.45) is 5.92 Å². The van der Waals surface area contributed by atoms with Crippen LogP contribution in [0, 0.1) is 9.49 Å². The zero-order valence-electron chi connectivity index (χ0n) is 10.3. The molecule has 0 amide bonds. The van der Waals surface area contributed by atoms with Gasteiger partial charge in [-0.05, 0) is 54.2 Å². The third kappa shape index (κ3) is 2.99. The quantitative estimate of drug-likeness (QED) is 0.625. The number of H-pyrrole nitrogens is 1. The van der Waals surface area contributed by atoms with E-state index in [-0.39, 0.29) is 11.1 Å². The molecule has 1 heterocycles. The van der Waals surface area contributed by atoms with E-state index >= 15 is 0 Å². The Morgan fingerprint density at radius 1 is 1.61 bits per heavy atom. The molecule has 1 aliphatic rings. The van der Waals surface area contributed by atoms with Gasteiger partial charge in [-0.2, -0.15) is 0 Å². The van der Waals surface area contributed by atoms with Gasteiger partial charge in [-0.3, -0.25) is 4.79 Å². The van der Waals surface area contributed by atoms with Crippen LogP contribution in [0.3, 0.4) is 0 Å². The van der Waals surface area contributed by atoms with Crippen LogP contribution in [0.25, 0.3) is 0 Å². The monoisotopic (exact) mass is 381 g/mol. The summed E-state index contributed by atoms with van der Waals surface area (Å²) >= 11 is 8.16. The Bertz CT molecular complexity index is 469. The van der Waals surface area contributed by atoms with Crippen molar-refractivity contribution < 1.29 is 0 Å². The number of aromatic nitrogens is 2.